The van der Waals surface area contributed by atoms with Gasteiger partial charge in [0.2, 0.25) is 5.16 Å². The lowest BCUT2D eigenvalue weighted by molar-refractivity contribution is -0.137. The van der Waals surface area contributed by atoms with E-state index in [-0.39, 0.29) is 11.2 Å². The maximum absolute atomic E-state index is 11.5. The minimum atomic E-state index is -0.239. The Morgan fingerprint density at radius 3 is 2.84 bits per heavy atom. The second kappa shape index (κ2) is 5.18. The van der Waals surface area contributed by atoms with Crippen LogP contribution in [0.3, 0.4) is 0 Å². The topological polar surface area (TPSA) is 69.9 Å². The summed E-state index contributed by atoms with van der Waals surface area (Å²) in [6.07, 6.45) is 0.678. The van der Waals surface area contributed by atoms with Crippen molar-refractivity contribution in [2.24, 2.45) is 0 Å². The molecule has 6 nitrogen and oxygen atoms in total. The van der Waals surface area contributed by atoms with Crippen molar-refractivity contribution in [2.45, 2.75) is 16.8 Å². The number of carbonyl (C=O) groups is 1. The zero-order chi connectivity index (χ0) is 13.2. The summed E-state index contributed by atoms with van der Waals surface area (Å²) in [6.45, 7) is 0.457. The van der Waals surface area contributed by atoms with Crippen molar-refractivity contribution in [3.05, 3.63) is 29.3 Å². The van der Waals surface area contributed by atoms with Crippen LogP contribution >= 0.6 is 23.4 Å². The van der Waals surface area contributed by atoms with Crippen LogP contribution in [0.5, 0.6) is 0 Å². The lowest BCUT2D eigenvalue weighted by Gasteiger charge is -2.06. The number of cyclic esters (lactones) is 1. The molecule has 1 aromatic heterocycles. The molecule has 0 saturated carbocycles. The number of tetrazole rings is 1. The van der Waals surface area contributed by atoms with Crippen molar-refractivity contribution in [1.29, 1.82) is 0 Å². The molecule has 0 bridgehead atoms. The number of hydrogen-bond acceptors (Lipinski definition) is 6. The molecule has 0 spiro atoms. The molecule has 19 heavy (non-hydrogen) atoms. The van der Waals surface area contributed by atoms with Crippen LogP contribution in [0, 0.1) is 0 Å². The van der Waals surface area contributed by atoms with Gasteiger partial charge >= 0.3 is 5.97 Å². The number of carbonyl (C=O) groups excluding carboxylic acids is 1. The first-order valence-electron chi connectivity index (χ1n) is 5.61. The summed E-state index contributed by atoms with van der Waals surface area (Å²) in [7, 11) is 0. The Hall–Kier alpha value is -1.60. The third-order valence-electron chi connectivity index (χ3n) is 2.65. The van der Waals surface area contributed by atoms with Gasteiger partial charge in [-0.2, -0.15) is 4.68 Å². The highest BCUT2D eigenvalue weighted by Gasteiger charge is 2.29. The summed E-state index contributed by atoms with van der Waals surface area (Å²) >= 11 is 7.15. The van der Waals surface area contributed by atoms with E-state index in [1.807, 2.05) is 12.1 Å². The average molecular weight is 297 g/mol. The number of hydrogen-bond donors (Lipinski definition) is 0. The predicted octanol–water partition coefficient (Wildman–Crippen LogP) is 1.72. The molecule has 1 aromatic carbocycles. The van der Waals surface area contributed by atoms with E-state index in [9.17, 15) is 4.79 Å². The molecule has 0 aliphatic carbocycles. The van der Waals surface area contributed by atoms with Gasteiger partial charge in [-0.05, 0) is 34.7 Å². The Labute approximate surface area is 118 Å². The quantitative estimate of drug-likeness (QED) is 0.803. The number of rotatable bonds is 3. The summed E-state index contributed by atoms with van der Waals surface area (Å²) < 4.78 is 6.50. The van der Waals surface area contributed by atoms with Crippen LogP contribution in [0.2, 0.25) is 5.02 Å². The largest absolute Gasteiger partial charge is 0.465 e. The molecule has 1 fully saturated rings. The van der Waals surface area contributed by atoms with Gasteiger partial charge in [-0.3, -0.25) is 4.79 Å². The van der Waals surface area contributed by atoms with Crippen molar-refractivity contribution in [1.82, 2.24) is 20.2 Å². The lowest BCUT2D eigenvalue weighted by atomic mass is 10.3. The van der Waals surface area contributed by atoms with Gasteiger partial charge in [0, 0.05) is 11.4 Å². The fourth-order valence-electron chi connectivity index (χ4n) is 1.71. The molecule has 0 amide bonds. The van der Waals surface area contributed by atoms with Crippen LogP contribution in [-0.2, 0) is 9.53 Å². The molecule has 1 aliphatic rings. The van der Waals surface area contributed by atoms with Gasteiger partial charge in [-0.15, -0.1) is 5.10 Å². The Morgan fingerprint density at radius 1 is 1.37 bits per heavy atom. The number of thioether (sulfide) groups is 1. The number of benzene rings is 1. The summed E-state index contributed by atoms with van der Waals surface area (Å²) in [5, 5.41) is 12.5. The first-order valence-corrected chi connectivity index (χ1v) is 6.87. The number of esters is 1. The van der Waals surface area contributed by atoms with Crippen molar-refractivity contribution < 1.29 is 9.53 Å². The molecule has 8 heteroatoms. The number of nitrogens with zero attached hydrogens (tertiary/aromatic N) is 4. The van der Waals surface area contributed by atoms with Gasteiger partial charge in [-0.1, -0.05) is 23.4 Å². The number of aromatic nitrogens is 4. The molecule has 2 aromatic rings. The third kappa shape index (κ3) is 2.57. The van der Waals surface area contributed by atoms with Crippen LogP contribution in [0.15, 0.2) is 29.4 Å². The van der Waals surface area contributed by atoms with E-state index in [4.69, 9.17) is 16.3 Å². The van der Waals surface area contributed by atoms with E-state index in [1.54, 1.807) is 16.8 Å². The van der Waals surface area contributed by atoms with Crippen LogP contribution in [0.25, 0.3) is 5.69 Å². The molecule has 98 valence electrons. The minimum Gasteiger partial charge on any atom is -0.465 e. The Bertz CT molecular complexity index is 601. The van der Waals surface area contributed by atoms with Crippen LogP contribution < -0.4 is 0 Å². The van der Waals surface area contributed by atoms with E-state index in [0.717, 1.165) is 5.69 Å². The summed E-state index contributed by atoms with van der Waals surface area (Å²) in [6, 6.07) is 7.15. The number of ether oxygens (including phenoxy) is 1. The third-order valence-corrected chi connectivity index (χ3v) is 4.08. The molecule has 2 heterocycles. The smallest absolute Gasteiger partial charge is 0.319 e. The Balaban J connectivity index is 1.86. The van der Waals surface area contributed by atoms with Crippen molar-refractivity contribution in [3.63, 3.8) is 0 Å². The fraction of sp³-hybridized carbons (Fsp3) is 0.273. The molecule has 0 N–H and O–H groups in total. The van der Waals surface area contributed by atoms with Crippen molar-refractivity contribution >= 4 is 29.3 Å². The molecule has 0 unspecified atom stereocenters. The van der Waals surface area contributed by atoms with Gasteiger partial charge in [-0.25, -0.2) is 0 Å². The second-order valence-corrected chi connectivity index (χ2v) is 5.52. The van der Waals surface area contributed by atoms with Crippen LogP contribution in [0.1, 0.15) is 6.42 Å². The summed E-state index contributed by atoms with van der Waals surface area (Å²) in [5.74, 6) is -0.212. The molecule has 0 radical (unpaired) electrons. The second-order valence-electron chi connectivity index (χ2n) is 3.91. The van der Waals surface area contributed by atoms with Crippen LogP contribution in [0.4, 0.5) is 0 Å². The average Bonchev–Trinajstić information content (AvgIpc) is 3.01. The van der Waals surface area contributed by atoms with Gasteiger partial charge in [0.1, 0.15) is 5.25 Å². The lowest BCUT2D eigenvalue weighted by Crippen LogP contribution is -2.11. The zero-order valence-corrected chi connectivity index (χ0v) is 11.3. The van der Waals surface area contributed by atoms with Gasteiger partial charge < -0.3 is 4.74 Å². The van der Waals surface area contributed by atoms with Gasteiger partial charge in [0.25, 0.3) is 0 Å². The maximum atomic E-state index is 11.5. The molecule has 1 atom stereocenters. The first kappa shape index (κ1) is 12.4. The Morgan fingerprint density at radius 2 is 2.16 bits per heavy atom. The fourth-order valence-corrected chi connectivity index (χ4v) is 2.79. The first-order chi connectivity index (χ1) is 9.24. The van der Waals surface area contributed by atoms with E-state index in [1.165, 1.54) is 11.8 Å². The summed E-state index contributed by atoms with van der Waals surface area (Å²) in [4.78, 5) is 11.5. The normalized spacial score (nSPS) is 18.6. The molecular formula is C11H9ClN4O2S. The highest BCUT2D eigenvalue weighted by Crippen LogP contribution is 2.29. The van der Waals surface area contributed by atoms with Crippen molar-refractivity contribution in [2.75, 3.05) is 6.61 Å². The maximum Gasteiger partial charge on any atom is 0.319 e. The summed E-state index contributed by atoms with van der Waals surface area (Å²) in [5.41, 5.74) is 0.795. The molecule has 1 saturated heterocycles. The molecule has 3 rings (SSSR count). The standard InChI is InChI=1S/C11H9ClN4O2S/c12-7-1-3-8(4-2-7)16-11(13-14-15-16)19-9-5-6-18-10(9)17/h1-4,9H,5-6H2/t9-/m1/s1. The van der Waals surface area contributed by atoms with E-state index >= 15 is 0 Å². The van der Waals surface area contributed by atoms with E-state index in [2.05, 4.69) is 15.5 Å². The van der Waals surface area contributed by atoms with Crippen LogP contribution in [-0.4, -0.2) is 38.0 Å². The Kier molecular flexibility index (Phi) is 3.39. The zero-order valence-electron chi connectivity index (χ0n) is 9.69. The number of halogens is 1. The van der Waals surface area contributed by atoms with E-state index in [0.29, 0.717) is 23.2 Å². The SMILES string of the molecule is O=C1OCC[C@H]1Sc1nnnn1-c1ccc(Cl)cc1. The molecule has 1 aliphatic heterocycles. The monoisotopic (exact) mass is 296 g/mol. The van der Waals surface area contributed by atoms with E-state index < -0.39 is 0 Å². The van der Waals surface area contributed by atoms with Gasteiger partial charge in [0.05, 0.1) is 12.3 Å². The highest BCUT2D eigenvalue weighted by molar-refractivity contribution is 8.00. The van der Waals surface area contributed by atoms with Crippen molar-refractivity contribution in [3.8, 4) is 5.69 Å². The van der Waals surface area contributed by atoms with Gasteiger partial charge in [0.15, 0.2) is 0 Å². The minimum absolute atomic E-state index is 0.212. The predicted molar refractivity (Wildman–Crippen MR) is 69.4 cm³/mol. The molecular weight excluding hydrogens is 288 g/mol. The highest BCUT2D eigenvalue weighted by atomic mass is 35.5.